The van der Waals surface area contributed by atoms with Crippen LogP contribution in [0.4, 0.5) is 10.1 Å². The van der Waals surface area contributed by atoms with Crippen LogP contribution >= 0.6 is 23.1 Å². The van der Waals surface area contributed by atoms with E-state index in [1.165, 1.54) is 39.6 Å². The van der Waals surface area contributed by atoms with Crippen LogP contribution in [0.3, 0.4) is 0 Å². The average molecular weight is 363 g/mol. The molecule has 1 N–H and O–H groups in total. The molecule has 1 amide bonds. The second-order valence-corrected chi connectivity index (χ2v) is 7.00. The van der Waals surface area contributed by atoms with Crippen molar-refractivity contribution in [2.24, 2.45) is 0 Å². The van der Waals surface area contributed by atoms with Crippen LogP contribution < -0.4 is 10.9 Å². The Morgan fingerprint density at radius 3 is 3.04 bits per heavy atom. The number of aryl methyl sites for hydroxylation is 1. The number of fused-ring (bicyclic) bond motifs is 1. The van der Waals surface area contributed by atoms with E-state index in [0.717, 1.165) is 0 Å². The van der Waals surface area contributed by atoms with Gasteiger partial charge in [0.15, 0.2) is 4.96 Å². The molecule has 0 bridgehead atoms. The molecule has 0 saturated heterocycles. The predicted molar refractivity (Wildman–Crippen MR) is 95.3 cm³/mol. The molecule has 3 rings (SSSR count). The fraction of sp³-hybridized carbons (Fsp3) is 0.188. The summed E-state index contributed by atoms with van der Waals surface area (Å²) >= 11 is 2.74. The Morgan fingerprint density at radius 1 is 1.42 bits per heavy atom. The summed E-state index contributed by atoms with van der Waals surface area (Å²) in [5.41, 5.74) is 1.47. The molecule has 0 unspecified atom stereocenters. The van der Waals surface area contributed by atoms with E-state index in [-0.39, 0.29) is 23.0 Å². The third-order valence-electron chi connectivity index (χ3n) is 3.29. The van der Waals surface area contributed by atoms with Gasteiger partial charge in [0.25, 0.3) is 5.56 Å². The van der Waals surface area contributed by atoms with E-state index in [1.54, 1.807) is 30.6 Å². The van der Waals surface area contributed by atoms with Gasteiger partial charge < -0.3 is 5.32 Å². The first-order valence-electron chi connectivity index (χ1n) is 7.12. The molecule has 0 radical (unpaired) electrons. The molecule has 3 aromatic rings. The van der Waals surface area contributed by atoms with Gasteiger partial charge in [-0.2, -0.15) is 0 Å². The van der Waals surface area contributed by atoms with Gasteiger partial charge in [0, 0.05) is 29.1 Å². The first-order chi connectivity index (χ1) is 11.5. The Bertz CT molecular complexity index is 952. The number of thiazole rings is 1. The number of thioether (sulfide) groups is 1. The SMILES string of the molecule is Cc1ccc(NC(=O)CSCc2cc(=O)n3ccsc3n2)cc1F. The van der Waals surface area contributed by atoms with Crippen molar-refractivity contribution in [2.75, 3.05) is 11.1 Å². The number of nitrogens with zero attached hydrogens (tertiary/aromatic N) is 2. The minimum absolute atomic E-state index is 0.128. The number of aromatic nitrogens is 2. The molecule has 0 aliphatic heterocycles. The van der Waals surface area contributed by atoms with Crippen LogP contribution in [0, 0.1) is 12.7 Å². The number of hydrogen-bond donors (Lipinski definition) is 1. The molecule has 8 heteroatoms. The third kappa shape index (κ3) is 3.82. The number of carbonyl (C=O) groups is 1. The molecule has 0 atom stereocenters. The van der Waals surface area contributed by atoms with Crippen molar-refractivity contribution in [3.8, 4) is 0 Å². The van der Waals surface area contributed by atoms with Gasteiger partial charge in [-0.1, -0.05) is 6.07 Å². The highest BCUT2D eigenvalue weighted by Gasteiger charge is 2.07. The van der Waals surface area contributed by atoms with Crippen LogP contribution in [0.5, 0.6) is 0 Å². The highest BCUT2D eigenvalue weighted by atomic mass is 32.2. The third-order valence-corrected chi connectivity index (χ3v) is 5.02. The molecule has 124 valence electrons. The average Bonchev–Trinajstić information content (AvgIpc) is 3.00. The Balaban J connectivity index is 1.56. The standard InChI is InChI=1S/C16H14FN3O2S2/c1-10-2-3-11(6-13(10)17)18-14(21)9-23-8-12-7-15(22)20-4-5-24-16(20)19-12/h2-7H,8-9H2,1H3,(H,18,21). The summed E-state index contributed by atoms with van der Waals surface area (Å²) in [5, 5.41) is 4.45. The van der Waals surface area contributed by atoms with Gasteiger partial charge in [0.1, 0.15) is 5.82 Å². The molecule has 5 nitrogen and oxygen atoms in total. The zero-order valence-corrected chi connectivity index (χ0v) is 14.4. The number of nitrogens with one attached hydrogen (secondary N) is 1. The Morgan fingerprint density at radius 2 is 2.25 bits per heavy atom. The molecule has 0 fully saturated rings. The minimum Gasteiger partial charge on any atom is -0.325 e. The van der Waals surface area contributed by atoms with E-state index < -0.39 is 0 Å². The summed E-state index contributed by atoms with van der Waals surface area (Å²) in [6.07, 6.45) is 1.68. The fourth-order valence-electron chi connectivity index (χ4n) is 2.08. The molecular weight excluding hydrogens is 349 g/mol. The van der Waals surface area contributed by atoms with Crippen LogP contribution in [0.2, 0.25) is 0 Å². The maximum Gasteiger partial charge on any atom is 0.258 e. The molecule has 1 aromatic carbocycles. The molecule has 2 aromatic heterocycles. The van der Waals surface area contributed by atoms with Crippen molar-refractivity contribution in [3.05, 3.63) is 63.3 Å². The topological polar surface area (TPSA) is 63.5 Å². The summed E-state index contributed by atoms with van der Waals surface area (Å²) < 4.78 is 14.9. The molecule has 0 aliphatic rings. The fourth-order valence-corrected chi connectivity index (χ4v) is 3.53. The normalized spacial score (nSPS) is 10.9. The smallest absolute Gasteiger partial charge is 0.258 e. The Hall–Kier alpha value is -2.19. The Kier molecular flexibility index (Phi) is 4.96. The second kappa shape index (κ2) is 7.14. The van der Waals surface area contributed by atoms with Gasteiger partial charge in [-0.25, -0.2) is 9.37 Å². The maximum absolute atomic E-state index is 13.4. The minimum atomic E-state index is -0.352. The van der Waals surface area contributed by atoms with Crippen molar-refractivity contribution >= 4 is 39.7 Å². The van der Waals surface area contributed by atoms with Crippen LogP contribution in [0.15, 0.2) is 40.6 Å². The van der Waals surface area contributed by atoms with Crippen LogP contribution in [-0.2, 0) is 10.5 Å². The number of anilines is 1. The molecular formula is C16H14FN3O2S2. The molecule has 0 spiro atoms. The summed E-state index contributed by atoms with van der Waals surface area (Å²) in [4.78, 5) is 28.8. The number of amides is 1. The van der Waals surface area contributed by atoms with Gasteiger partial charge in [0.2, 0.25) is 5.91 Å². The summed E-state index contributed by atoms with van der Waals surface area (Å²) in [7, 11) is 0. The molecule has 24 heavy (non-hydrogen) atoms. The van der Waals surface area contributed by atoms with Crippen molar-refractivity contribution in [3.63, 3.8) is 0 Å². The van der Waals surface area contributed by atoms with E-state index in [0.29, 0.717) is 27.7 Å². The summed E-state index contributed by atoms with van der Waals surface area (Å²) in [5.74, 6) is 0.0758. The van der Waals surface area contributed by atoms with Crippen LogP contribution in [0.25, 0.3) is 4.96 Å². The zero-order chi connectivity index (χ0) is 17.1. The lowest BCUT2D eigenvalue weighted by Gasteiger charge is -2.06. The molecule has 0 saturated carbocycles. The maximum atomic E-state index is 13.4. The number of hydrogen-bond acceptors (Lipinski definition) is 5. The van der Waals surface area contributed by atoms with Gasteiger partial charge >= 0.3 is 0 Å². The van der Waals surface area contributed by atoms with Crippen molar-refractivity contribution in [2.45, 2.75) is 12.7 Å². The lowest BCUT2D eigenvalue weighted by Crippen LogP contribution is -2.15. The highest BCUT2D eigenvalue weighted by molar-refractivity contribution is 7.99. The van der Waals surface area contributed by atoms with E-state index in [2.05, 4.69) is 10.3 Å². The van der Waals surface area contributed by atoms with Gasteiger partial charge in [-0.15, -0.1) is 23.1 Å². The van der Waals surface area contributed by atoms with Crippen molar-refractivity contribution < 1.29 is 9.18 Å². The largest absolute Gasteiger partial charge is 0.325 e. The van der Waals surface area contributed by atoms with E-state index in [9.17, 15) is 14.0 Å². The molecule has 0 aliphatic carbocycles. The number of carbonyl (C=O) groups excluding carboxylic acids is 1. The van der Waals surface area contributed by atoms with Gasteiger partial charge in [-0.3, -0.25) is 14.0 Å². The van der Waals surface area contributed by atoms with Gasteiger partial charge in [-0.05, 0) is 24.6 Å². The molecule has 2 heterocycles. The number of benzene rings is 1. The lowest BCUT2D eigenvalue weighted by molar-refractivity contribution is -0.113. The predicted octanol–water partition coefficient (Wildman–Crippen LogP) is 3.08. The van der Waals surface area contributed by atoms with Crippen LogP contribution in [-0.4, -0.2) is 21.0 Å². The summed E-state index contributed by atoms with van der Waals surface area (Å²) in [6, 6.07) is 6.05. The quantitative estimate of drug-likeness (QED) is 0.757. The van der Waals surface area contributed by atoms with Crippen molar-refractivity contribution in [1.82, 2.24) is 9.38 Å². The van der Waals surface area contributed by atoms with Crippen LogP contribution in [0.1, 0.15) is 11.3 Å². The number of halogens is 1. The zero-order valence-electron chi connectivity index (χ0n) is 12.8. The van der Waals surface area contributed by atoms with Crippen molar-refractivity contribution in [1.29, 1.82) is 0 Å². The first kappa shape index (κ1) is 16.7. The summed E-state index contributed by atoms with van der Waals surface area (Å²) in [6.45, 7) is 1.66. The first-order valence-corrected chi connectivity index (χ1v) is 9.16. The van der Waals surface area contributed by atoms with E-state index >= 15 is 0 Å². The number of rotatable bonds is 5. The van der Waals surface area contributed by atoms with E-state index in [1.807, 2.05) is 0 Å². The van der Waals surface area contributed by atoms with E-state index in [4.69, 9.17) is 0 Å². The van der Waals surface area contributed by atoms with Gasteiger partial charge in [0.05, 0.1) is 11.4 Å². The lowest BCUT2D eigenvalue weighted by atomic mass is 10.2. The Labute approximate surface area is 145 Å². The monoisotopic (exact) mass is 363 g/mol. The highest BCUT2D eigenvalue weighted by Crippen LogP contribution is 2.15. The second-order valence-electron chi connectivity index (χ2n) is 5.15.